The lowest BCUT2D eigenvalue weighted by Gasteiger charge is -2.11. The van der Waals surface area contributed by atoms with Gasteiger partial charge in [-0.1, -0.05) is 35.9 Å². The Morgan fingerprint density at radius 2 is 1.73 bits per heavy atom. The summed E-state index contributed by atoms with van der Waals surface area (Å²) in [5, 5.41) is 9.88. The van der Waals surface area contributed by atoms with E-state index in [9.17, 15) is 35.9 Å². The normalized spacial score (nSPS) is 13.1. The van der Waals surface area contributed by atoms with E-state index in [1.54, 1.807) is 19.1 Å². The summed E-state index contributed by atoms with van der Waals surface area (Å²) in [6.07, 6.45) is -4.91. The van der Waals surface area contributed by atoms with Crippen molar-refractivity contribution in [3.05, 3.63) is 107 Å². The van der Waals surface area contributed by atoms with Gasteiger partial charge in [0.2, 0.25) is 0 Å². The summed E-state index contributed by atoms with van der Waals surface area (Å²) in [7, 11) is -4.39. The number of aliphatic hydroxyl groups is 1. The molecule has 7 nitrogen and oxygen atoms in total. The number of nitrogens with zero attached hydrogens (tertiary/aromatic N) is 2. The van der Waals surface area contributed by atoms with Crippen molar-refractivity contribution in [3.8, 4) is 11.5 Å². The zero-order valence-electron chi connectivity index (χ0n) is 21.0. The number of aromatic nitrogens is 3. The zero-order valence-corrected chi connectivity index (χ0v) is 21.8. The molecule has 5 rings (SSSR count). The van der Waals surface area contributed by atoms with E-state index in [2.05, 4.69) is 9.97 Å². The van der Waals surface area contributed by atoms with E-state index in [0.717, 1.165) is 46.1 Å². The minimum atomic E-state index is -4.83. The molecule has 0 aliphatic carbocycles. The van der Waals surface area contributed by atoms with Crippen LogP contribution in [-0.4, -0.2) is 33.2 Å². The predicted octanol–water partition coefficient (Wildman–Crippen LogP) is 6.02. The van der Waals surface area contributed by atoms with Gasteiger partial charge in [-0.05, 0) is 55.8 Å². The van der Waals surface area contributed by atoms with Gasteiger partial charge in [0.1, 0.15) is 11.2 Å². The molecular formula is C28H21F4N3O4S. The summed E-state index contributed by atoms with van der Waals surface area (Å²) in [5.74, 6) is -2.01. The van der Waals surface area contributed by atoms with Gasteiger partial charge in [0.15, 0.2) is 17.4 Å². The van der Waals surface area contributed by atoms with Gasteiger partial charge >= 0.3 is 6.18 Å². The fourth-order valence-electron chi connectivity index (χ4n) is 4.31. The van der Waals surface area contributed by atoms with Crippen molar-refractivity contribution in [2.45, 2.75) is 31.0 Å². The summed E-state index contributed by atoms with van der Waals surface area (Å²) in [5.41, 5.74) is -1.39. The largest absolute Gasteiger partial charge is 0.417 e. The Labute approximate surface area is 225 Å². The molecule has 5 aromatic rings. The van der Waals surface area contributed by atoms with Crippen LogP contribution in [0.15, 0.2) is 77.8 Å². The molecule has 2 N–H and O–H groups in total. The highest BCUT2D eigenvalue weighted by molar-refractivity contribution is 7.90. The topological polar surface area (TPSA) is 105 Å². The number of hydrogen-bond acceptors (Lipinski definition) is 5. The van der Waals surface area contributed by atoms with Gasteiger partial charge in [-0.15, -0.1) is 0 Å². The minimum Gasteiger partial charge on any atom is -0.389 e. The Morgan fingerprint density at radius 3 is 2.38 bits per heavy atom. The molecule has 0 aliphatic rings. The Morgan fingerprint density at radius 1 is 1.05 bits per heavy atom. The number of fused-ring (bicyclic) bond motifs is 1. The molecule has 0 saturated heterocycles. The van der Waals surface area contributed by atoms with E-state index in [1.165, 1.54) is 31.2 Å². The second kappa shape index (κ2) is 9.72. The summed E-state index contributed by atoms with van der Waals surface area (Å²) in [4.78, 5) is 20.2. The van der Waals surface area contributed by atoms with Crippen LogP contribution in [-0.2, 0) is 16.2 Å². The number of aliphatic hydroxyl groups excluding tert-OH is 1. The average molecular weight is 572 g/mol. The third-order valence-electron chi connectivity index (χ3n) is 6.39. The molecule has 40 heavy (non-hydrogen) atoms. The first-order valence-electron chi connectivity index (χ1n) is 11.9. The number of H-pyrrole nitrogens is 1. The Balaban J connectivity index is 1.74. The summed E-state index contributed by atoms with van der Waals surface area (Å²) in [6.45, 7) is 3.20. The average Bonchev–Trinajstić information content (AvgIpc) is 3.53. The van der Waals surface area contributed by atoms with Crippen LogP contribution in [0.2, 0.25) is 0 Å². The first-order valence-corrected chi connectivity index (χ1v) is 13.3. The van der Waals surface area contributed by atoms with Crippen molar-refractivity contribution in [2.24, 2.45) is 0 Å². The number of aromatic amines is 1. The van der Waals surface area contributed by atoms with E-state index >= 15 is 0 Å². The van der Waals surface area contributed by atoms with Gasteiger partial charge in [0.05, 0.1) is 22.1 Å². The smallest absolute Gasteiger partial charge is 0.389 e. The highest BCUT2D eigenvalue weighted by Gasteiger charge is 2.36. The molecular weight excluding hydrogens is 550 g/mol. The van der Waals surface area contributed by atoms with E-state index in [1.807, 2.05) is 0 Å². The first kappa shape index (κ1) is 27.3. The molecule has 0 aliphatic heterocycles. The van der Waals surface area contributed by atoms with Crippen molar-refractivity contribution in [3.63, 3.8) is 0 Å². The standard InChI is InChI=1S/C28H21F4N3O4S/c1-15-7-9-19(10-8-15)40(38,39)35-14-18(26(37)20-5-3-4-6-21(20)28(30,31)32)13-24(35)27-33-23-12-17(16(2)36)11-22(29)25(23)34-27/h3-14,16,36H,1-2H3,(H,33,34). The molecule has 2 aromatic heterocycles. The third-order valence-corrected chi connectivity index (χ3v) is 8.08. The van der Waals surface area contributed by atoms with Crippen LogP contribution in [0.3, 0.4) is 0 Å². The Bertz CT molecular complexity index is 1870. The Kier molecular flexibility index (Phi) is 6.63. The number of ketones is 1. The Hall–Kier alpha value is -4.29. The fraction of sp³-hybridized carbons (Fsp3) is 0.143. The van der Waals surface area contributed by atoms with E-state index in [0.29, 0.717) is 0 Å². The summed E-state index contributed by atoms with van der Waals surface area (Å²) >= 11 is 0. The number of aryl methyl sites for hydroxylation is 1. The number of alkyl halides is 3. The van der Waals surface area contributed by atoms with Crippen LogP contribution in [0.5, 0.6) is 0 Å². The number of rotatable bonds is 6. The number of nitrogens with one attached hydrogen (secondary N) is 1. The second-order valence-corrected chi connectivity index (χ2v) is 11.1. The van der Waals surface area contributed by atoms with Gasteiger partial charge < -0.3 is 10.1 Å². The third kappa shape index (κ3) is 4.80. The van der Waals surface area contributed by atoms with Crippen LogP contribution >= 0.6 is 0 Å². The van der Waals surface area contributed by atoms with Crippen LogP contribution in [0.4, 0.5) is 17.6 Å². The van der Waals surface area contributed by atoms with Crippen LogP contribution in [0, 0.1) is 12.7 Å². The summed E-state index contributed by atoms with van der Waals surface area (Å²) in [6, 6.07) is 13.6. The second-order valence-electron chi connectivity index (χ2n) is 9.26. The van der Waals surface area contributed by atoms with Gasteiger partial charge in [-0.2, -0.15) is 13.2 Å². The summed E-state index contributed by atoms with van der Waals surface area (Å²) < 4.78 is 83.8. The SMILES string of the molecule is Cc1ccc(S(=O)(=O)n2cc(C(=O)c3ccccc3C(F)(F)F)cc2-c2nc3c(F)cc(C(C)O)cc3[nH]2)cc1. The highest BCUT2D eigenvalue weighted by Crippen LogP contribution is 2.35. The zero-order chi connectivity index (χ0) is 29.0. The molecule has 0 spiro atoms. The lowest BCUT2D eigenvalue weighted by molar-refractivity contribution is -0.137. The molecule has 1 unspecified atom stereocenters. The van der Waals surface area contributed by atoms with Crippen LogP contribution < -0.4 is 0 Å². The number of imidazole rings is 1. The van der Waals surface area contributed by atoms with Crippen molar-refractivity contribution >= 4 is 26.8 Å². The molecule has 2 heterocycles. The highest BCUT2D eigenvalue weighted by atomic mass is 32.2. The van der Waals surface area contributed by atoms with Gasteiger partial charge in [-0.25, -0.2) is 21.8 Å². The number of carbonyl (C=O) groups excluding carboxylic acids is 1. The van der Waals surface area contributed by atoms with E-state index < -0.39 is 45.0 Å². The molecule has 1 atom stereocenters. The molecule has 206 valence electrons. The number of benzene rings is 3. The van der Waals surface area contributed by atoms with Crippen molar-refractivity contribution in [1.82, 2.24) is 13.9 Å². The van der Waals surface area contributed by atoms with Gasteiger partial charge in [0.25, 0.3) is 10.0 Å². The van der Waals surface area contributed by atoms with Crippen molar-refractivity contribution in [2.75, 3.05) is 0 Å². The molecule has 0 fully saturated rings. The van der Waals surface area contributed by atoms with Crippen molar-refractivity contribution in [1.29, 1.82) is 0 Å². The maximum absolute atomic E-state index is 14.8. The molecule has 3 aromatic carbocycles. The first-order chi connectivity index (χ1) is 18.8. The van der Waals surface area contributed by atoms with Crippen LogP contribution in [0.1, 0.15) is 45.6 Å². The maximum Gasteiger partial charge on any atom is 0.417 e. The molecule has 0 saturated carbocycles. The van der Waals surface area contributed by atoms with Crippen LogP contribution in [0.25, 0.3) is 22.6 Å². The number of hydrogen-bond donors (Lipinski definition) is 2. The molecule has 12 heteroatoms. The maximum atomic E-state index is 14.8. The number of carbonyl (C=O) groups is 1. The molecule has 0 amide bonds. The monoisotopic (exact) mass is 571 g/mol. The fourth-order valence-corrected chi connectivity index (χ4v) is 5.66. The van der Waals surface area contributed by atoms with E-state index in [-0.39, 0.29) is 38.6 Å². The number of halogens is 4. The van der Waals surface area contributed by atoms with Gasteiger partial charge in [0, 0.05) is 17.3 Å². The van der Waals surface area contributed by atoms with E-state index in [4.69, 9.17) is 0 Å². The lowest BCUT2D eigenvalue weighted by atomic mass is 9.99. The molecule has 0 bridgehead atoms. The van der Waals surface area contributed by atoms with Crippen molar-refractivity contribution < 1.29 is 35.9 Å². The predicted molar refractivity (Wildman–Crippen MR) is 139 cm³/mol. The quantitative estimate of drug-likeness (QED) is 0.192. The van der Waals surface area contributed by atoms with Gasteiger partial charge in [-0.3, -0.25) is 4.79 Å². The minimum absolute atomic E-state index is 0.140. The molecule has 0 radical (unpaired) electrons. The lowest BCUT2D eigenvalue weighted by Crippen LogP contribution is -2.15.